The lowest BCUT2D eigenvalue weighted by atomic mass is 10.2. The smallest absolute Gasteiger partial charge is 0.222 e. The number of aliphatic hydroxyl groups excluding tert-OH is 1. The van der Waals surface area contributed by atoms with Crippen LogP contribution < -0.4 is 0 Å². The fraction of sp³-hybridized carbons (Fsp3) is 0.615. The molecule has 4 nitrogen and oxygen atoms in total. The standard InChI is InChI=1S/C13H21NO3/c1-10(15)8-9-14(3)13(16)7-6-12-5-4-11(2)17-12/h4-5,10,15H,6-9H2,1-3H3. The monoisotopic (exact) mass is 239 g/mol. The molecule has 1 unspecified atom stereocenters. The zero-order chi connectivity index (χ0) is 12.8. The van der Waals surface area contributed by atoms with E-state index in [0.717, 1.165) is 11.5 Å². The number of nitrogens with zero attached hydrogens (tertiary/aromatic N) is 1. The van der Waals surface area contributed by atoms with Gasteiger partial charge in [-0.25, -0.2) is 0 Å². The van der Waals surface area contributed by atoms with Gasteiger partial charge in [0.15, 0.2) is 0 Å². The van der Waals surface area contributed by atoms with E-state index in [4.69, 9.17) is 9.52 Å². The van der Waals surface area contributed by atoms with Gasteiger partial charge in [0.25, 0.3) is 0 Å². The average Bonchev–Trinajstić information content (AvgIpc) is 2.68. The van der Waals surface area contributed by atoms with E-state index in [9.17, 15) is 4.79 Å². The number of rotatable bonds is 6. The second kappa shape index (κ2) is 6.45. The second-order valence-electron chi connectivity index (χ2n) is 4.47. The Bertz CT molecular complexity index is 357. The maximum atomic E-state index is 11.7. The highest BCUT2D eigenvalue weighted by molar-refractivity contribution is 5.76. The van der Waals surface area contributed by atoms with Gasteiger partial charge in [-0.15, -0.1) is 0 Å². The van der Waals surface area contributed by atoms with E-state index in [0.29, 0.717) is 25.8 Å². The molecule has 17 heavy (non-hydrogen) atoms. The molecule has 0 bridgehead atoms. The molecule has 1 amide bonds. The summed E-state index contributed by atoms with van der Waals surface area (Å²) in [4.78, 5) is 13.4. The van der Waals surface area contributed by atoms with E-state index < -0.39 is 0 Å². The molecule has 0 fully saturated rings. The number of amides is 1. The molecule has 4 heteroatoms. The summed E-state index contributed by atoms with van der Waals surface area (Å²) in [5, 5.41) is 9.14. The van der Waals surface area contributed by atoms with Gasteiger partial charge in [0.05, 0.1) is 6.10 Å². The van der Waals surface area contributed by atoms with Crippen molar-refractivity contribution >= 4 is 5.91 Å². The zero-order valence-electron chi connectivity index (χ0n) is 10.8. The van der Waals surface area contributed by atoms with Gasteiger partial charge in [-0.3, -0.25) is 4.79 Å². The minimum absolute atomic E-state index is 0.0831. The van der Waals surface area contributed by atoms with Crippen molar-refractivity contribution in [2.45, 2.75) is 39.2 Å². The minimum Gasteiger partial charge on any atom is -0.466 e. The molecule has 0 saturated carbocycles. The van der Waals surface area contributed by atoms with Gasteiger partial charge < -0.3 is 14.4 Å². The van der Waals surface area contributed by atoms with Crippen molar-refractivity contribution in [3.63, 3.8) is 0 Å². The Balaban J connectivity index is 2.29. The molecule has 96 valence electrons. The summed E-state index contributed by atoms with van der Waals surface area (Å²) in [5.41, 5.74) is 0. The Labute approximate surface area is 102 Å². The second-order valence-corrected chi connectivity index (χ2v) is 4.47. The van der Waals surface area contributed by atoms with Crippen LogP contribution in [0.25, 0.3) is 0 Å². The number of furan rings is 1. The van der Waals surface area contributed by atoms with Crippen LogP contribution in [0.15, 0.2) is 16.5 Å². The first kappa shape index (κ1) is 13.8. The molecule has 1 rings (SSSR count). The molecular formula is C13H21NO3. The third-order valence-electron chi connectivity index (χ3n) is 2.69. The van der Waals surface area contributed by atoms with Crippen molar-refractivity contribution in [3.05, 3.63) is 23.7 Å². The van der Waals surface area contributed by atoms with Crippen LogP contribution >= 0.6 is 0 Å². The first-order valence-electron chi connectivity index (χ1n) is 5.96. The third-order valence-corrected chi connectivity index (χ3v) is 2.69. The first-order chi connectivity index (χ1) is 7.99. The molecule has 0 spiro atoms. The summed E-state index contributed by atoms with van der Waals surface area (Å²) in [7, 11) is 1.76. The summed E-state index contributed by atoms with van der Waals surface area (Å²) >= 11 is 0. The van der Waals surface area contributed by atoms with E-state index in [1.165, 1.54) is 0 Å². The molecule has 1 aromatic heterocycles. The number of aliphatic hydroxyl groups is 1. The number of hydrogen-bond acceptors (Lipinski definition) is 3. The molecule has 1 aromatic rings. The summed E-state index contributed by atoms with van der Waals surface area (Å²) in [6, 6.07) is 3.80. The molecule has 1 heterocycles. The fourth-order valence-electron chi connectivity index (χ4n) is 1.55. The van der Waals surface area contributed by atoms with Gasteiger partial charge >= 0.3 is 0 Å². The molecule has 0 aromatic carbocycles. The third kappa shape index (κ3) is 5.04. The largest absolute Gasteiger partial charge is 0.466 e. The van der Waals surface area contributed by atoms with Crippen molar-refractivity contribution < 1.29 is 14.3 Å². The molecule has 1 N–H and O–H groups in total. The van der Waals surface area contributed by atoms with Crippen LogP contribution in [0.3, 0.4) is 0 Å². The maximum Gasteiger partial charge on any atom is 0.222 e. The van der Waals surface area contributed by atoms with Crippen LogP contribution in [0.1, 0.15) is 31.3 Å². The lowest BCUT2D eigenvalue weighted by Gasteiger charge is -2.17. The van der Waals surface area contributed by atoms with Crippen molar-refractivity contribution in [1.29, 1.82) is 0 Å². The number of carbonyl (C=O) groups is 1. The number of hydrogen-bond donors (Lipinski definition) is 1. The Kier molecular flexibility index (Phi) is 5.22. The summed E-state index contributed by atoms with van der Waals surface area (Å²) < 4.78 is 5.40. The van der Waals surface area contributed by atoms with Crippen molar-refractivity contribution in [3.8, 4) is 0 Å². The van der Waals surface area contributed by atoms with E-state index in [1.54, 1.807) is 18.9 Å². The van der Waals surface area contributed by atoms with Crippen molar-refractivity contribution in [2.24, 2.45) is 0 Å². The van der Waals surface area contributed by atoms with E-state index in [-0.39, 0.29) is 12.0 Å². The Morgan fingerprint density at radius 1 is 1.53 bits per heavy atom. The first-order valence-corrected chi connectivity index (χ1v) is 5.96. The summed E-state index contributed by atoms with van der Waals surface area (Å²) in [5.74, 6) is 1.80. The van der Waals surface area contributed by atoms with Crippen molar-refractivity contribution in [2.75, 3.05) is 13.6 Å². The molecule has 0 aliphatic heterocycles. The van der Waals surface area contributed by atoms with Crippen molar-refractivity contribution in [1.82, 2.24) is 4.90 Å². The highest BCUT2D eigenvalue weighted by atomic mass is 16.3. The van der Waals surface area contributed by atoms with Gasteiger partial charge in [0.1, 0.15) is 11.5 Å². The van der Waals surface area contributed by atoms with E-state index in [2.05, 4.69) is 0 Å². The van der Waals surface area contributed by atoms with Crippen LogP contribution in [0.2, 0.25) is 0 Å². The SMILES string of the molecule is Cc1ccc(CCC(=O)N(C)CCC(C)O)o1. The predicted molar refractivity (Wildman–Crippen MR) is 65.7 cm³/mol. The maximum absolute atomic E-state index is 11.7. The van der Waals surface area contributed by atoms with Crippen LogP contribution in [0.4, 0.5) is 0 Å². The summed E-state index contributed by atoms with van der Waals surface area (Å²) in [6.07, 6.45) is 1.33. The molecule has 1 atom stereocenters. The van der Waals surface area contributed by atoms with Crippen LogP contribution in [-0.4, -0.2) is 35.6 Å². The Morgan fingerprint density at radius 3 is 2.76 bits per heavy atom. The lowest BCUT2D eigenvalue weighted by Crippen LogP contribution is -2.29. The highest BCUT2D eigenvalue weighted by Crippen LogP contribution is 2.09. The van der Waals surface area contributed by atoms with Gasteiger partial charge in [-0.2, -0.15) is 0 Å². The topological polar surface area (TPSA) is 53.7 Å². The van der Waals surface area contributed by atoms with Gasteiger partial charge in [-0.1, -0.05) is 0 Å². The van der Waals surface area contributed by atoms with Gasteiger partial charge in [0, 0.05) is 26.4 Å². The normalized spacial score (nSPS) is 12.5. The fourth-order valence-corrected chi connectivity index (χ4v) is 1.55. The molecular weight excluding hydrogens is 218 g/mol. The van der Waals surface area contributed by atoms with Gasteiger partial charge in [-0.05, 0) is 32.4 Å². The predicted octanol–water partition coefficient (Wildman–Crippen LogP) is 1.75. The minimum atomic E-state index is -0.363. The highest BCUT2D eigenvalue weighted by Gasteiger charge is 2.10. The average molecular weight is 239 g/mol. The Morgan fingerprint density at radius 2 is 2.24 bits per heavy atom. The lowest BCUT2D eigenvalue weighted by molar-refractivity contribution is -0.130. The van der Waals surface area contributed by atoms with E-state index >= 15 is 0 Å². The number of aryl methyl sites for hydroxylation is 2. The van der Waals surface area contributed by atoms with E-state index in [1.807, 2.05) is 19.1 Å². The molecule has 0 aliphatic rings. The van der Waals surface area contributed by atoms with Crippen LogP contribution in [-0.2, 0) is 11.2 Å². The van der Waals surface area contributed by atoms with Gasteiger partial charge in [0.2, 0.25) is 5.91 Å². The van der Waals surface area contributed by atoms with Crippen LogP contribution in [0.5, 0.6) is 0 Å². The zero-order valence-corrected chi connectivity index (χ0v) is 10.8. The molecule has 0 saturated heterocycles. The van der Waals surface area contributed by atoms with Crippen LogP contribution in [0, 0.1) is 6.92 Å². The number of carbonyl (C=O) groups excluding carboxylic acids is 1. The molecule has 0 radical (unpaired) electrons. The molecule has 0 aliphatic carbocycles. The quantitative estimate of drug-likeness (QED) is 0.822. The summed E-state index contributed by atoms with van der Waals surface area (Å²) in [6.45, 7) is 4.21. The Hall–Kier alpha value is -1.29.